The van der Waals surface area contributed by atoms with Gasteiger partial charge in [-0.25, -0.2) is 4.79 Å². The minimum Gasteiger partial charge on any atom is -0.324 e. The summed E-state index contributed by atoms with van der Waals surface area (Å²) < 4.78 is 0. The molecule has 5 nitrogen and oxygen atoms in total. The van der Waals surface area contributed by atoms with Crippen LogP contribution in [0.2, 0.25) is 0 Å². The van der Waals surface area contributed by atoms with Crippen molar-refractivity contribution in [2.45, 2.75) is 25.8 Å². The lowest BCUT2D eigenvalue weighted by molar-refractivity contribution is -0.130. The molecular formula is C14H19N3O2. The average molecular weight is 261 g/mol. The number of urea groups is 1. The van der Waals surface area contributed by atoms with Crippen LogP contribution >= 0.6 is 0 Å². The minimum atomic E-state index is -0.811. The van der Waals surface area contributed by atoms with E-state index in [4.69, 9.17) is 12.8 Å². The summed E-state index contributed by atoms with van der Waals surface area (Å²) in [5.41, 5.74) is -0.811. The molecule has 19 heavy (non-hydrogen) atoms. The summed E-state index contributed by atoms with van der Waals surface area (Å²) in [4.78, 5) is 26.7. The first-order chi connectivity index (χ1) is 8.92. The molecule has 0 aliphatic carbocycles. The Labute approximate surface area is 114 Å². The Morgan fingerprint density at radius 3 is 2.26 bits per heavy atom. The van der Waals surface area contributed by atoms with E-state index in [1.165, 1.54) is 4.90 Å². The monoisotopic (exact) mass is 261 g/mol. The molecule has 0 bridgehead atoms. The second-order valence-electron chi connectivity index (χ2n) is 4.98. The van der Waals surface area contributed by atoms with Crippen molar-refractivity contribution in [1.29, 1.82) is 0 Å². The van der Waals surface area contributed by atoms with E-state index < -0.39 is 5.54 Å². The molecule has 1 N–H and O–H groups in total. The summed E-state index contributed by atoms with van der Waals surface area (Å²) in [5, 5.41) is 2.64. The quantitative estimate of drug-likeness (QED) is 0.552. The third-order valence-corrected chi connectivity index (χ3v) is 2.93. The summed E-state index contributed by atoms with van der Waals surface area (Å²) in [5.74, 6) is 4.87. The van der Waals surface area contributed by atoms with E-state index in [9.17, 15) is 9.59 Å². The molecule has 0 aromatic heterocycles. The second-order valence-corrected chi connectivity index (χ2v) is 4.98. The van der Waals surface area contributed by atoms with Crippen LogP contribution in [-0.2, 0) is 4.79 Å². The fourth-order valence-electron chi connectivity index (χ4n) is 1.95. The summed E-state index contributed by atoms with van der Waals surface area (Å²) in [6.07, 6.45) is 11.1. The first-order valence-corrected chi connectivity index (χ1v) is 6.15. The van der Waals surface area contributed by atoms with Crippen molar-refractivity contribution in [1.82, 2.24) is 15.1 Å². The Morgan fingerprint density at radius 2 is 1.84 bits per heavy atom. The van der Waals surface area contributed by atoms with Crippen molar-refractivity contribution < 1.29 is 9.59 Å². The van der Waals surface area contributed by atoms with Gasteiger partial charge in [0.25, 0.3) is 5.91 Å². The number of terminal acetylenes is 2. The number of hydrogen-bond acceptors (Lipinski definition) is 3. The lowest BCUT2D eigenvalue weighted by Gasteiger charge is -2.19. The maximum absolute atomic E-state index is 11.9. The summed E-state index contributed by atoms with van der Waals surface area (Å²) in [7, 11) is 0. The highest BCUT2D eigenvalue weighted by Crippen LogP contribution is 2.16. The molecule has 1 fully saturated rings. The van der Waals surface area contributed by atoms with Crippen LogP contribution in [0.5, 0.6) is 0 Å². The van der Waals surface area contributed by atoms with Crippen LogP contribution in [-0.4, -0.2) is 53.5 Å². The first-order valence-electron chi connectivity index (χ1n) is 6.15. The van der Waals surface area contributed by atoms with Gasteiger partial charge >= 0.3 is 6.03 Å². The van der Waals surface area contributed by atoms with Crippen molar-refractivity contribution in [2.24, 2.45) is 0 Å². The predicted molar refractivity (Wildman–Crippen MR) is 73.0 cm³/mol. The van der Waals surface area contributed by atoms with E-state index in [-0.39, 0.29) is 11.9 Å². The number of amides is 3. The zero-order chi connectivity index (χ0) is 14.5. The molecule has 0 aromatic rings. The molecule has 0 saturated carbocycles. The molecule has 1 aliphatic heterocycles. The van der Waals surface area contributed by atoms with Gasteiger partial charge in [0.1, 0.15) is 5.54 Å². The second kappa shape index (κ2) is 6.26. The van der Waals surface area contributed by atoms with E-state index in [2.05, 4.69) is 17.2 Å². The highest BCUT2D eigenvalue weighted by atomic mass is 16.2. The number of rotatable bonds is 6. The van der Waals surface area contributed by atoms with Gasteiger partial charge in [-0.15, -0.1) is 12.8 Å². The average Bonchev–Trinajstić information content (AvgIpc) is 2.51. The standard InChI is InChI=1S/C14H19N3O2/c1-5-8-16(9-6-2)10-7-11-17-12(18)14(3,4)15-13(17)19/h1-2H,7-11H2,3-4H3,(H,15,19). The summed E-state index contributed by atoms with van der Waals surface area (Å²) in [6, 6.07) is -0.338. The van der Waals surface area contributed by atoms with Gasteiger partial charge in [0, 0.05) is 13.1 Å². The zero-order valence-corrected chi connectivity index (χ0v) is 11.4. The topological polar surface area (TPSA) is 52.6 Å². The minimum absolute atomic E-state index is 0.196. The van der Waals surface area contributed by atoms with Gasteiger partial charge in [-0.3, -0.25) is 14.6 Å². The summed E-state index contributed by atoms with van der Waals surface area (Å²) >= 11 is 0. The van der Waals surface area contributed by atoms with Crippen molar-refractivity contribution in [3.8, 4) is 24.7 Å². The highest BCUT2D eigenvalue weighted by Gasteiger charge is 2.43. The molecule has 0 radical (unpaired) electrons. The Balaban J connectivity index is 2.45. The van der Waals surface area contributed by atoms with Crippen LogP contribution < -0.4 is 5.32 Å². The van der Waals surface area contributed by atoms with Gasteiger partial charge in [-0.1, -0.05) is 11.8 Å². The van der Waals surface area contributed by atoms with Gasteiger partial charge in [0.2, 0.25) is 0 Å². The Hall–Kier alpha value is -1.98. The summed E-state index contributed by atoms with van der Waals surface area (Å²) in [6.45, 7) is 5.35. The van der Waals surface area contributed by atoms with Crippen molar-refractivity contribution in [2.75, 3.05) is 26.2 Å². The molecule has 102 valence electrons. The van der Waals surface area contributed by atoms with Gasteiger partial charge < -0.3 is 5.32 Å². The largest absolute Gasteiger partial charge is 0.325 e. The molecule has 1 saturated heterocycles. The third kappa shape index (κ3) is 3.74. The maximum Gasteiger partial charge on any atom is 0.325 e. The van der Waals surface area contributed by atoms with Crippen LogP contribution in [0.1, 0.15) is 20.3 Å². The lowest BCUT2D eigenvalue weighted by atomic mass is 10.1. The maximum atomic E-state index is 11.9. The molecule has 1 rings (SSSR count). The molecule has 0 atom stereocenters. The number of nitrogens with one attached hydrogen (secondary N) is 1. The Bertz CT molecular complexity index is 427. The SMILES string of the molecule is C#CCN(CC#C)CCCN1C(=O)NC(C)(C)C1=O. The van der Waals surface area contributed by atoms with Gasteiger partial charge in [0.05, 0.1) is 13.1 Å². The van der Waals surface area contributed by atoms with E-state index in [0.29, 0.717) is 32.6 Å². The molecule has 1 heterocycles. The molecule has 5 heteroatoms. The predicted octanol–water partition coefficient (Wildman–Crippen LogP) is 0.275. The van der Waals surface area contributed by atoms with Gasteiger partial charge in [-0.2, -0.15) is 0 Å². The lowest BCUT2D eigenvalue weighted by Crippen LogP contribution is -2.40. The van der Waals surface area contributed by atoms with Crippen molar-refractivity contribution in [3.05, 3.63) is 0 Å². The van der Waals surface area contributed by atoms with Crippen LogP contribution in [0.3, 0.4) is 0 Å². The molecule has 0 unspecified atom stereocenters. The number of imide groups is 1. The first kappa shape index (κ1) is 15.1. The smallest absolute Gasteiger partial charge is 0.324 e. The Kier molecular flexibility index (Phi) is 4.97. The molecular weight excluding hydrogens is 242 g/mol. The van der Waals surface area contributed by atoms with Crippen LogP contribution in [0, 0.1) is 24.7 Å². The molecule has 3 amide bonds. The Morgan fingerprint density at radius 1 is 1.26 bits per heavy atom. The van der Waals surface area contributed by atoms with E-state index in [1.807, 2.05) is 4.90 Å². The van der Waals surface area contributed by atoms with Crippen molar-refractivity contribution >= 4 is 11.9 Å². The molecule has 1 aliphatic rings. The third-order valence-electron chi connectivity index (χ3n) is 2.93. The van der Waals surface area contributed by atoms with E-state index >= 15 is 0 Å². The number of nitrogens with zero attached hydrogens (tertiary/aromatic N) is 2. The van der Waals surface area contributed by atoms with Crippen LogP contribution in [0.25, 0.3) is 0 Å². The van der Waals surface area contributed by atoms with Gasteiger partial charge in [-0.05, 0) is 20.3 Å². The van der Waals surface area contributed by atoms with Crippen LogP contribution in [0.15, 0.2) is 0 Å². The number of carbonyl (C=O) groups is 2. The van der Waals surface area contributed by atoms with E-state index in [1.54, 1.807) is 13.8 Å². The van der Waals surface area contributed by atoms with E-state index in [0.717, 1.165) is 0 Å². The fourth-order valence-corrected chi connectivity index (χ4v) is 1.95. The van der Waals surface area contributed by atoms with Crippen molar-refractivity contribution in [3.63, 3.8) is 0 Å². The van der Waals surface area contributed by atoms with Crippen LogP contribution in [0.4, 0.5) is 4.79 Å². The zero-order valence-electron chi connectivity index (χ0n) is 11.4. The van der Waals surface area contributed by atoms with Gasteiger partial charge in [0.15, 0.2) is 0 Å². The number of carbonyl (C=O) groups excluding carboxylic acids is 2. The molecule has 0 aromatic carbocycles. The normalized spacial score (nSPS) is 17.2. The fraction of sp³-hybridized carbons (Fsp3) is 0.571. The number of hydrogen-bond donors (Lipinski definition) is 1. The molecule has 0 spiro atoms. The highest BCUT2D eigenvalue weighted by molar-refractivity contribution is 6.06.